The molecular formula is C28H44FN5O4. The maximum absolute atomic E-state index is 15.0. The van der Waals surface area contributed by atoms with Crippen LogP contribution in [-0.2, 0) is 20.7 Å². The third-order valence-electron chi connectivity index (χ3n) is 7.25. The number of ether oxygens (including phenoxy) is 1. The predicted octanol–water partition coefficient (Wildman–Crippen LogP) is 3.27. The zero-order valence-corrected chi connectivity index (χ0v) is 23.2. The van der Waals surface area contributed by atoms with Crippen LogP contribution in [0.4, 0.5) is 14.9 Å². The van der Waals surface area contributed by atoms with E-state index in [1.54, 1.807) is 31.7 Å². The molecule has 1 aromatic carbocycles. The van der Waals surface area contributed by atoms with Crippen LogP contribution < -0.4 is 16.4 Å². The monoisotopic (exact) mass is 533 g/mol. The van der Waals surface area contributed by atoms with Gasteiger partial charge in [0.15, 0.2) is 0 Å². The van der Waals surface area contributed by atoms with E-state index in [9.17, 15) is 14.4 Å². The molecule has 2 aliphatic rings. The molecule has 1 saturated heterocycles. The Hall–Kier alpha value is -2.72. The average molecular weight is 534 g/mol. The summed E-state index contributed by atoms with van der Waals surface area (Å²) in [7, 11) is 1.99. The zero-order valence-electron chi connectivity index (χ0n) is 23.2. The predicted molar refractivity (Wildman–Crippen MR) is 145 cm³/mol. The van der Waals surface area contributed by atoms with Crippen molar-refractivity contribution >= 4 is 23.6 Å². The Morgan fingerprint density at radius 2 is 1.71 bits per heavy atom. The minimum atomic E-state index is -0.920. The van der Waals surface area contributed by atoms with Crippen molar-refractivity contribution in [3.63, 3.8) is 0 Å². The van der Waals surface area contributed by atoms with Gasteiger partial charge in [-0.3, -0.25) is 9.59 Å². The average Bonchev–Trinajstić information content (AvgIpc) is 3.13. The Morgan fingerprint density at radius 3 is 2.29 bits per heavy atom. The summed E-state index contributed by atoms with van der Waals surface area (Å²) in [5.41, 5.74) is 6.06. The van der Waals surface area contributed by atoms with E-state index < -0.39 is 35.5 Å². The van der Waals surface area contributed by atoms with Gasteiger partial charge in [-0.1, -0.05) is 31.7 Å². The highest BCUT2D eigenvalue weighted by Crippen LogP contribution is 2.26. The van der Waals surface area contributed by atoms with Crippen molar-refractivity contribution in [2.45, 2.75) is 83.4 Å². The molecule has 3 rings (SSSR count). The number of halogens is 1. The summed E-state index contributed by atoms with van der Waals surface area (Å²) in [6.45, 7) is 7.79. The van der Waals surface area contributed by atoms with Crippen LogP contribution in [0.1, 0.15) is 64.9 Å². The lowest BCUT2D eigenvalue weighted by Gasteiger charge is -2.35. The Labute approximate surface area is 225 Å². The van der Waals surface area contributed by atoms with E-state index in [1.165, 1.54) is 12.1 Å². The largest absolute Gasteiger partial charge is 0.444 e. The van der Waals surface area contributed by atoms with Gasteiger partial charge in [-0.05, 0) is 64.3 Å². The molecule has 1 aliphatic carbocycles. The van der Waals surface area contributed by atoms with Gasteiger partial charge >= 0.3 is 6.09 Å². The van der Waals surface area contributed by atoms with E-state index in [1.807, 2.05) is 7.05 Å². The van der Waals surface area contributed by atoms with E-state index in [0.717, 1.165) is 51.6 Å². The van der Waals surface area contributed by atoms with Crippen molar-refractivity contribution in [2.24, 2.45) is 11.7 Å². The number of hydrogen-bond donors (Lipinski definition) is 3. The highest BCUT2D eigenvalue weighted by Gasteiger charge is 2.30. The van der Waals surface area contributed by atoms with Gasteiger partial charge in [-0.15, -0.1) is 0 Å². The van der Waals surface area contributed by atoms with Gasteiger partial charge in [0.1, 0.15) is 17.5 Å². The highest BCUT2D eigenvalue weighted by molar-refractivity contribution is 5.95. The lowest BCUT2D eigenvalue weighted by molar-refractivity contribution is -0.135. The summed E-state index contributed by atoms with van der Waals surface area (Å²) in [6, 6.07) is 2.81. The smallest absolute Gasteiger partial charge is 0.408 e. The van der Waals surface area contributed by atoms with Crippen molar-refractivity contribution < 1.29 is 23.5 Å². The standard InChI is InChI=1S/C28H44FN5O4/c1-28(2,3)38-27(37)32-23(26(36)34-15-13-33(4)14-16-34)18-19-11-12-22(21(29)17-19)31-25(35)24(30)20-9-7-5-6-8-10-20/h11-12,17,20,23-24H,5-10,13-16,18,30H2,1-4H3,(H,31,35)(H,32,37)/t23-,24+/m1/s1. The lowest BCUT2D eigenvalue weighted by Crippen LogP contribution is -2.55. The summed E-state index contributed by atoms with van der Waals surface area (Å²) < 4.78 is 20.4. The molecule has 10 heteroatoms. The quantitative estimate of drug-likeness (QED) is 0.463. The molecule has 0 spiro atoms. The summed E-state index contributed by atoms with van der Waals surface area (Å²) in [4.78, 5) is 42.4. The van der Waals surface area contributed by atoms with E-state index in [4.69, 9.17) is 10.5 Å². The van der Waals surface area contributed by atoms with Crippen molar-refractivity contribution in [1.82, 2.24) is 15.1 Å². The highest BCUT2D eigenvalue weighted by atomic mass is 19.1. The maximum atomic E-state index is 15.0. The fourth-order valence-electron chi connectivity index (χ4n) is 5.02. The molecule has 2 fully saturated rings. The normalized spacial score (nSPS) is 19.3. The maximum Gasteiger partial charge on any atom is 0.408 e. The molecule has 1 aromatic rings. The van der Waals surface area contributed by atoms with Crippen LogP contribution in [0.5, 0.6) is 0 Å². The second-order valence-electron chi connectivity index (χ2n) is 11.6. The summed E-state index contributed by atoms with van der Waals surface area (Å²) in [5.74, 6) is -1.15. The molecule has 212 valence electrons. The van der Waals surface area contributed by atoms with E-state index in [2.05, 4.69) is 15.5 Å². The topological polar surface area (TPSA) is 117 Å². The van der Waals surface area contributed by atoms with Crippen LogP contribution in [0.3, 0.4) is 0 Å². The van der Waals surface area contributed by atoms with Crippen molar-refractivity contribution in [3.05, 3.63) is 29.6 Å². The summed E-state index contributed by atoms with van der Waals surface area (Å²) in [5, 5.41) is 5.31. The summed E-state index contributed by atoms with van der Waals surface area (Å²) in [6.07, 6.45) is 5.61. The van der Waals surface area contributed by atoms with Gasteiger partial charge in [0.05, 0.1) is 11.7 Å². The second kappa shape index (κ2) is 13.4. The van der Waals surface area contributed by atoms with E-state index in [0.29, 0.717) is 18.7 Å². The van der Waals surface area contributed by atoms with Crippen molar-refractivity contribution in [2.75, 3.05) is 38.5 Å². The number of piperazine rings is 1. The molecule has 2 atom stereocenters. The minimum Gasteiger partial charge on any atom is -0.444 e. The Balaban J connectivity index is 1.69. The molecule has 0 radical (unpaired) electrons. The number of nitrogens with one attached hydrogen (secondary N) is 2. The zero-order chi connectivity index (χ0) is 27.9. The molecule has 4 N–H and O–H groups in total. The number of amides is 3. The molecule has 1 heterocycles. The van der Waals surface area contributed by atoms with Crippen molar-refractivity contribution in [3.8, 4) is 0 Å². The third kappa shape index (κ3) is 8.94. The molecule has 38 heavy (non-hydrogen) atoms. The number of hydrogen-bond acceptors (Lipinski definition) is 6. The molecule has 0 unspecified atom stereocenters. The first kappa shape index (κ1) is 29.8. The molecule has 1 saturated carbocycles. The number of benzene rings is 1. The fourth-order valence-corrected chi connectivity index (χ4v) is 5.02. The number of nitrogens with zero attached hydrogens (tertiary/aromatic N) is 2. The number of alkyl carbamates (subject to hydrolysis) is 1. The Kier molecular flexibility index (Phi) is 10.5. The number of likely N-dealkylation sites (N-methyl/N-ethyl adjacent to an activating group) is 1. The fraction of sp³-hybridized carbons (Fsp3) is 0.679. The van der Waals surface area contributed by atoms with E-state index >= 15 is 4.39 Å². The van der Waals surface area contributed by atoms with Gasteiger partial charge in [-0.25, -0.2) is 9.18 Å². The first-order valence-corrected chi connectivity index (χ1v) is 13.7. The number of carbonyl (C=O) groups is 3. The Bertz CT molecular complexity index is 966. The van der Waals surface area contributed by atoms with Crippen LogP contribution in [0.2, 0.25) is 0 Å². The number of nitrogens with two attached hydrogens (primary N) is 1. The van der Waals surface area contributed by atoms with Gasteiger partial charge in [0.2, 0.25) is 11.8 Å². The molecule has 9 nitrogen and oxygen atoms in total. The molecule has 1 aliphatic heterocycles. The first-order chi connectivity index (χ1) is 17.9. The number of rotatable bonds is 7. The third-order valence-corrected chi connectivity index (χ3v) is 7.25. The number of anilines is 1. The molecule has 0 bridgehead atoms. The SMILES string of the molecule is CN1CCN(C(=O)[C@@H](Cc2ccc(NC(=O)[C@@H](N)C3CCCCCC3)c(F)c2)NC(=O)OC(C)(C)C)CC1. The Morgan fingerprint density at radius 1 is 1.08 bits per heavy atom. The number of carbonyl (C=O) groups excluding carboxylic acids is 3. The van der Waals surface area contributed by atoms with Crippen LogP contribution in [0.25, 0.3) is 0 Å². The van der Waals surface area contributed by atoms with E-state index in [-0.39, 0.29) is 23.9 Å². The molecule has 3 amide bonds. The first-order valence-electron chi connectivity index (χ1n) is 13.7. The second-order valence-corrected chi connectivity index (χ2v) is 11.6. The van der Waals surface area contributed by atoms with Gasteiger partial charge < -0.3 is 30.9 Å². The van der Waals surface area contributed by atoms with Gasteiger partial charge in [0.25, 0.3) is 0 Å². The van der Waals surface area contributed by atoms with Crippen LogP contribution in [-0.4, -0.2) is 78.6 Å². The minimum absolute atomic E-state index is 0.0462. The van der Waals surface area contributed by atoms with Crippen LogP contribution in [0, 0.1) is 11.7 Å². The molecule has 0 aromatic heterocycles. The summed E-state index contributed by atoms with van der Waals surface area (Å²) >= 11 is 0. The van der Waals surface area contributed by atoms with Crippen LogP contribution in [0.15, 0.2) is 18.2 Å². The van der Waals surface area contributed by atoms with Gasteiger partial charge in [-0.2, -0.15) is 0 Å². The van der Waals surface area contributed by atoms with Crippen molar-refractivity contribution in [1.29, 1.82) is 0 Å². The lowest BCUT2D eigenvalue weighted by atomic mass is 9.92. The molecular weight excluding hydrogens is 489 g/mol. The van der Waals surface area contributed by atoms with Gasteiger partial charge in [0, 0.05) is 32.6 Å². The van der Waals surface area contributed by atoms with Crippen LogP contribution >= 0.6 is 0 Å².